The van der Waals surface area contributed by atoms with Crippen molar-refractivity contribution in [2.75, 3.05) is 4.72 Å². The third-order valence-electron chi connectivity index (χ3n) is 2.44. The zero-order chi connectivity index (χ0) is 14.9. The number of aromatic nitrogens is 2. The van der Waals surface area contributed by atoms with Crippen molar-refractivity contribution in [3.8, 4) is 6.07 Å². The van der Waals surface area contributed by atoms with Crippen molar-refractivity contribution < 1.29 is 12.8 Å². The lowest BCUT2D eigenvalue weighted by atomic mass is 10.2. The van der Waals surface area contributed by atoms with Crippen LogP contribution < -0.4 is 4.72 Å². The fourth-order valence-corrected chi connectivity index (χ4v) is 3.33. The van der Waals surface area contributed by atoms with E-state index >= 15 is 0 Å². The van der Waals surface area contributed by atoms with Gasteiger partial charge in [-0.15, -0.1) is 0 Å². The van der Waals surface area contributed by atoms with Crippen molar-refractivity contribution in [1.29, 1.82) is 5.26 Å². The summed E-state index contributed by atoms with van der Waals surface area (Å²) in [5.41, 5.74) is -0.168. The lowest BCUT2D eigenvalue weighted by molar-refractivity contribution is 0.582. The van der Waals surface area contributed by atoms with Crippen molar-refractivity contribution in [1.82, 2.24) is 9.78 Å². The summed E-state index contributed by atoms with van der Waals surface area (Å²) in [7, 11) is -2.62. The van der Waals surface area contributed by atoms with Crippen LogP contribution >= 0.6 is 11.6 Å². The Morgan fingerprint density at radius 1 is 1.50 bits per heavy atom. The highest BCUT2D eigenvalue weighted by molar-refractivity contribution is 7.92. The van der Waals surface area contributed by atoms with Crippen molar-refractivity contribution in [3.05, 3.63) is 40.8 Å². The van der Waals surface area contributed by atoms with E-state index in [1.54, 1.807) is 6.07 Å². The first-order valence-electron chi connectivity index (χ1n) is 5.25. The maximum absolute atomic E-state index is 13.0. The molecule has 0 aliphatic rings. The summed E-state index contributed by atoms with van der Waals surface area (Å²) in [6.45, 7) is 0. The minimum Gasteiger partial charge on any atom is -0.277 e. The highest BCUT2D eigenvalue weighted by Gasteiger charge is 2.23. The van der Waals surface area contributed by atoms with E-state index in [2.05, 4.69) is 9.82 Å². The van der Waals surface area contributed by atoms with Crippen molar-refractivity contribution in [2.24, 2.45) is 7.05 Å². The van der Waals surface area contributed by atoms with E-state index in [-0.39, 0.29) is 21.3 Å². The van der Waals surface area contributed by atoms with E-state index in [1.807, 2.05) is 0 Å². The molecule has 1 heterocycles. The number of aryl methyl sites for hydroxylation is 1. The lowest BCUT2D eigenvalue weighted by Crippen LogP contribution is -2.17. The van der Waals surface area contributed by atoms with Crippen molar-refractivity contribution in [2.45, 2.75) is 5.03 Å². The fourth-order valence-electron chi connectivity index (χ4n) is 1.59. The van der Waals surface area contributed by atoms with Crippen molar-refractivity contribution >= 4 is 27.3 Å². The van der Waals surface area contributed by atoms with Gasteiger partial charge in [-0.05, 0) is 18.2 Å². The second-order valence-electron chi connectivity index (χ2n) is 3.83. The van der Waals surface area contributed by atoms with Gasteiger partial charge in [0.15, 0.2) is 5.03 Å². The Morgan fingerprint density at radius 3 is 2.75 bits per heavy atom. The summed E-state index contributed by atoms with van der Waals surface area (Å²) >= 11 is 5.77. The normalized spacial score (nSPS) is 11.1. The van der Waals surface area contributed by atoms with E-state index in [1.165, 1.54) is 13.2 Å². The van der Waals surface area contributed by atoms with E-state index in [0.29, 0.717) is 0 Å². The smallest absolute Gasteiger partial charge is 0.277 e. The number of hydrogen-bond donors (Lipinski definition) is 1. The molecule has 0 spiro atoms. The second-order valence-corrected chi connectivity index (χ2v) is 5.83. The minimum absolute atomic E-state index is 0.0360. The third-order valence-corrected chi connectivity index (χ3v) is 4.31. The Labute approximate surface area is 119 Å². The number of anilines is 1. The number of hydrogen-bond acceptors (Lipinski definition) is 4. The molecule has 20 heavy (non-hydrogen) atoms. The highest BCUT2D eigenvalue weighted by Crippen LogP contribution is 2.24. The Balaban J connectivity index is 2.47. The monoisotopic (exact) mass is 314 g/mol. The number of nitrogens with zero attached hydrogens (tertiary/aromatic N) is 3. The molecule has 0 bridgehead atoms. The molecule has 0 aliphatic carbocycles. The molecular weight excluding hydrogens is 307 g/mol. The van der Waals surface area contributed by atoms with Gasteiger partial charge in [-0.1, -0.05) is 11.6 Å². The molecule has 0 radical (unpaired) electrons. The van der Waals surface area contributed by atoms with Gasteiger partial charge in [0, 0.05) is 7.05 Å². The summed E-state index contributed by atoms with van der Waals surface area (Å²) in [6.07, 6.45) is 1.19. The Morgan fingerprint density at radius 2 is 2.20 bits per heavy atom. The molecule has 2 rings (SSSR count). The summed E-state index contributed by atoms with van der Waals surface area (Å²) in [5.74, 6) is -0.636. The first-order valence-corrected chi connectivity index (χ1v) is 7.11. The van der Waals surface area contributed by atoms with Crippen LogP contribution in [0.4, 0.5) is 10.1 Å². The van der Waals surface area contributed by atoms with Gasteiger partial charge in [0.2, 0.25) is 0 Å². The maximum atomic E-state index is 13.0. The third kappa shape index (κ3) is 2.59. The summed E-state index contributed by atoms with van der Waals surface area (Å²) in [4.78, 5) is 0. The molecular formula is C11H8ClFN4O2S. The van der Waals surface area contributed by atoms with Crippen LogP contribution in [-0.4, -0.2) is 18.2 Å². The lowest BCUT2D eigenvalue weighted by Gasteiger charge is -2.10. The molecule has 104 valence electrons. The average molecular weight is 315 g/mol. The van der Waals surface area contributed by atoms with Gasteiger partial charge < -0.3 is 0 Å². The number of nitrogens with one attached hydrogen (secondary N) is 1. The highest BCUT2D eigenvalue weighted by atomic mass is 35.5. The van der Waals surface area contributed by atoms with Crippen molar-refractivity contribution in [3.63, 3.8) is 0 Å². The zero-order valence-electron chi connectivity index (χ0n) is 10.1. The Bertz CT molecular complexity index is 791. The van der Waals surface area contributed by atoms with Gasteiger partial charge in [0.05, 0.1) is 22.5 Å². The molecule has 0 fully saturated rings. The van der Waals surface area contributed by atoms with Crippen LogP contribution in [0.1, 0.15) is 5.56 Å². The number of halogens is 2. The number of nitriles is 1. The molecule has 0 unspecified atom stereocenters. The first kappa shape index (κ1) is 14.3. The molecule has 1 aromatic carbocycles. The first-order chi connectivity index (χ1) is 9.35. The Hall–Kier alpha value is -2.11. The van der Waals surface area contributed by atoms with E-state index in [4.69, 9.17) is 16.9 Å². The van der Waals surface area contributed by atoms with E-state index in [0.717, 1.165) is 22.9 Å². The van der Waals surface area contributed by atoms with Gasteiger partial charge in [0.1, 0.15) is 11.9 Å². The molecule has 6 nitrogen and oxygen atoms in total. The van der Waals surface area contributed by atoms with Crippen LogP contribution in [-0.2, 0) is 17.1 Å². The molecule has 2 aromatic rings. The molecule has 0 saturated heterocycles. The van der Waals surface area contributed by atoms with Crippen LogP contribution in [0.5, 0.6) is 0 Å². The second kappa shape index (κ2) is 5.11. The zero-order valence-corrected chi connectivity index (χ0v) is 11.7. The van der Waals surface area contributed by atoms with E-state index in [9.17, 15) is 12.8 Å². The molecule has 0 aliphatic heterocycles. The minimum atomic E-state index is -4.03. The summed E-state index contributed by atoms with van der Waals surface area (Å²) in [5, 5.41) is 12.3. The van der Waals surface area contributed by atoms with Gasteiger partial charge >= 0.3 is 0 Å². The van der Waals surface area contributed by atoms with Gasteiger partial charge in [-0.3, -0.25) is 9.40 Å². The summed E-state index contributed by atoms with van der Waals surface area (Å²) < 4.78 is 40.7. The average Bonchev–Trinajstić information content (AvgIpc) is 2.71. The number of benzene rings is 1. The molecule has 9 heteroatoms. The van der Waals surface area contributed by atoms with Gasteiger partial charge in [-0.2, -0.15) is 18.8 Å². The molecule has 1 N–H and O–H groups in total. The predicted molar refractivity (Wildman–Crippen MR) is 70.1 cm³/mol. The Kier molecular flexibility index (Phi) is 3.65. The number of sulfonamides is 1. The largest absolute Gasteiger partial charge is 0.280 e. The maximum Gasteiger partial charge on any atom is 0.280 e. The SMILES string of the molecule is Cn1ncc(Cl)c1S(=O)(=O)Nc1ccc(F)cc1C#N. The van der Waals surface area contributed by atoms with Gasteiger partial charge in [-0.25, -0.2) is 4.39 Å². The van der Waals surface area contributed by atoms with E-state index < -0.39 is 15.8 Å². The van der Waals surface area contributed by atoms with Crippen LogP contribution in [0.15, 0.2) is 29.4 Å². The summed E-state index contributed by atoms with van der Waals surface area (Å²) in [6, 6.07) is 4.85. The van der Waals surface area contributed by atoms with Crippen LogP contribution in [0.25, 0.3) is 0 Å². The quantitative estimate of drug-likeness (QED) is 0.937. The standard InChI is InChI=1S/C11H8ClFN4O2S/c1-17-11(9(12)6-15-17)20(18,19)16-10-3-2-8(13)4-7(10)5-14/h2-4,6,16H,1H3. The van der Waals surface area contributed by atoms with Crippen LogP contribution in [0.3, 0.4) is 0 Å². The fraction of sp³-hybridized carbons (Fsp3) is 0.0909. The topological polar surface area (TPSA) is 87.8 Å². The number of rotatable bonds is 3. The molecule has 0 atom stereocenters. The van der Waals surface area contributed by atoms with Gasteiger partial charge in [0.25, 0.3) is 10.0 Å². The van der Waals surface area contributed by atoms with Crippen LogP contribution in [0, 0.1) is 17.1 Å². The van der Waals surface area contributed by atoms with Crippen LogP contribution in [0.2, 0.25) is 5.02 Å². The molecule has 1 aromatic heterocycles. The molecule has 0 saturated carbocycles. The molecule has 0 amide bonds. The predicted octanol–water partition coefficient (Wildman–Crippen LogP) is 1.89.